The number of ether oxygens (including phenoxy) is 2. The molecule has 0 aromatic heterocycles. The maximum absolute atomic E-state index is 11.5. The lowest BCUT2D eigenvalue weighted by Crippen LogP contribution is -2.20. The zero-order valence-corrected chi connectivity index (χ0v) is 20.3. The molecule has 3 rings (SSSR count). The molecule has 1 aliphatic rings. The van der Waals surface area contributed by atoms with Crippen molar-refractivity contribution in [3.8, 4) is 16.9 Å². The fourth-order valence-electron chi connectivity index (χ4n) is 4.07. The molecule has 0 bridgehead atoms. The van der Waals surface area contributed by atoms with E-state index in [9.17, 15) is 9.90 Å². The van der Waals surface area contributed by atoms with Crippen molar-refractivity contribution in [3.63, 3.8) is 0 Å². The first kappa shape index (κ1) is 24.8. The Balaban J connectivity index is 1.76. The van der Waals surface area contributed by atoms with Crippen LogP contribution in [-0.4, -0.2) is 44.0 Å². The first-order valence-electron chi connectivity index (χ1n) is 12.0. The second-order valence-electron chi connectivity index (χ2n) is 9.10. The molecule has 1 N–H and O–H groups in total. The second-order valence-corrected chi connectivity index (χ2v) is 9.10. The van der Waals surface area contributed by atoms with Crippen molar-refractivity contribution in [1.29, 1.82) is 0 Å². The molecule has 33 heavy (non-hydrogen) atoms. The van der Waals surface area contributed by atoms with Crippen molar-refractivity contribution >= 4 is 17.7 Å². The molecule has 1 saturated heterocycles. The number of unbranched alkanes of at least 4 members (excludes halogenated alkanes) is 1. The normalized spacial score (nSPS) is 18.5. The lowest BCUT2D eigenvalue weighted by Gasteiger charge is -2.22. The Morgan fingerprint density at radius 3 is 2.33 bits per heavy atom. The number of aliphatic carboxylic acids is 1. The molecule has 178 valence electrons. The molecular weight excluding hydrogens is 414 g/mol. The summed E-state index contributed by atoms with van der Waals surface area (Å²) >= 11 is 0. The molecular formula is C28H37NO4. The third kappa shape index (κ3) is 6.84. The summed E-state index contributed by atoms with van der Waals surface area (Å²) in [6, 6.07) is 14.4. The number of carbonyl (C=O) groups is 1. The number of hydrogen-bond acceptors (Lipinski definition) is 4. The van der Waals surface area contributed by atoms with Crippen LogP contribution in [0.2, 0.25) is 0 Å². The Labute approximate surface area is 198 Å². The number of rotatable bonds is 11. The SMILES string of the molecule is CCCCOCCOc1ccc(-c2ccc(N3CC(C)C(C)C3)c(C=C(C)C(=O)O)c2)cc1. The van der Waals surface area contributed by atoms with Crippen LogP contribution in [0.5, 0.6) is 5.75 Å². The van der Waals surface area contributed by atoms with Crippen LogP contribution >= 0.6 is 0 Å². The highest BCUT2D eigenvalue weighted by atomic mass is 16.5. The number of benzene rings is 2. The highest BCUT2D eigenvalue weighted by molar-refractivity contribution is 5.93. The topological polar surface area (TPSA) is 59.0 Å². The molecule has 1 aliphatic heterocycles. The summed E-state index contributed by atoms with van der Waals surface area (Å²) in [5, 5.41) is 9.43. The van der Waals surface area contributed by atoms with Gasteiger partial charge >= 0.3 is 5.97 Å². The quantitative estimate of drug-likeness (QED) is 0.329. The molecule has 0 spiro atoms. The van der Waals surface area contributed by atoms with E-state index >= 15 is 0 Å². The van der Waals surface area contributed by atoms with E-state index in [0.29, 0.717) is 30.6 Å². The third-order valence-corrected chi connectivity index (χ3v) is 6.39. The minimum absolute atomic E-state index is 0.332. The molecule has 2 unspecified atom stereocenters. The van der Waals surface area contributed by atoms with Gasteiger partial charge in [-0.15, -0.1) is 0 Å². The van der Waals surface area contributed by atoms with Gasteiger partial charge in [0.25, 0.3) is 0 Å². The van der Waals surface area contributed by atoms with Gasteiger partial charge < -0.3 is 19.5 Å². The number of nitrogens with zero attached hydrogens (tertiary/aromatic N) is 1. The second kappa shape index (κ2) is 11.9. The Morgan fingerprint density at radius 1 is 1.03 bits per heavy atom. The summed E-state index contributed by atoms with van der Waals surface area (Å²) in [7, 11) is 0. The minimum atomic E-state index is -0.894. The molecule has 0 aliphatic carbocycles. The van der Waals surface area contributed by atoms with E-state index in [0.717, 1.165) is 60.7 Å². The molecule has 1 fully saturated rings. The van der Waals surface area contributed by atoms with Gasteiger partial charge in [0.1, 0.15) is 12.4 Å². The van der Waals surface area contributed by atoms with Gasteiger partial charge in [0.05, 0.1) is 6.61 Å². The number of anilines is 1. The maximum Gasteiger partial charge on any atom is 0.331 e. The van der Waals surface area contributed by atoms with Crippen LogP contribution in [0.4, 0.5) is 5.69 Å². The Hall–Kier alpha value is -2.79. The molecule has 5 heteroatoms. The van der Waals surface area contributed by atoms with Crippen LogP contribution in [0, 0.1) is 11.8 Å². The zero-order chi connectivity index (χ0) is 23.8. The van der Waals surface area contributed by atoms with E-state index in [-0.39, 0.29) is 0 Å². The summed E-state index contributed by atoms with van der Waals surface area (Å²) in [6.07, 6.45) is 3.99. The number of carboxylic acid groups (broad SMARTS) is 1. The van der Waals surface area contributed by atoms with E-state index in [1.165, 1.54) is 0 Å². The van der Waals surface area contributed by atoms with E-state index < -0.39 is 5.97 Å². The van der Waals surface area contributed by atoms with Crippen molar-refractivity contribution in [2.24, 2.45) is 11.8 Å². The monoisotopic (exact) mass is 451 g/mol. The molecule has 2 atom stereocenters. The standard InChI is InChI=1S/C28H37NO4/c1-5-6-13-32-14-15-33-26-10-7-23(8-11-26)24-9-12-27(29-18-21(3)22(4)19-29)25(17-24)16-20(2)28(30)31/h7-12,16-17,21-22H,5-6,13-15,18-19H2,1-4H3,(H,30,31). The molecule has 2 aromatic rings. The van der Waals surface area contributed by atoms with Gasteiger partial charge in [-0.1, -0.05) is 45.4 Å². The van der Waals surface area contributed by atoms with Crippen LogP contribution in [-0.2, 0) is 9.53 Å². The van der Waals surface area contributed by atoms with Crippen molar-refractivity contribution < 1.29 is 19.4 Å². The minimum Gasteiger partial charge on any atom is -0.491 e. The summed E-state index contributed by atoms with van der Waals surface area (Å²) in [5.74, 6) is 1.16. The van der Waals surface area contributed by atoms with Crippen LogP contribution in [0.3, 0.4) is 0 Å². The summed E-state index contributed by atoms with van der Waals surface area (Å²) in [6.45, 7) is 12.2. The fourth-order valence-corrected chi connectivity index (χ4v) is 4.07. The Kier molecular flexibility index (Phi) is 8.95. The van der Waals surface area contributed by atoms with Crippen LogP contribution in [0.15, 0.2) is 48.0 Å². The lowest BCUT2D eigenvalue weighted by molar-refractivity contribution is -0.132. The van der Waals surface area contributed by atoms with Crippen LogP contribution < -0.4 is 9.64 Å². The van der Waals surface area contributed by atoms with Crippen molar-refractivity contribution in [2.45, 2.75) is 40.5 Å². The van der Waals surface area contributed by atoms with E-state index in [4.69, 9.17) is 9.47 Å². The molecule has 0 amide bonds. The smallest absolute Gasteiger partial charge is 0.331 e. The van der Waals surface area contributed by atoms with Crippen molar-refractivity contribution in [2.75, 3.05) is 37.8 Å². The first-order valence-corrected chi connectivity index (χ1v) is 12.0. The zero-order valence-electron chi connectivity index (χ0n) is 20.3. The Morgan fingerprint density at radius 2 is 1.70 bits per heavy atom. The predicted octanol–water partition coefficient (Wildman–Crippen LogP) is 6.13. The average molecular weight is 452 g/mol. The van der Waals surface area contributed by atoms with Crippen molar-refractivity contribution in [3.05, 3.63) is 53.6 Å². The predicted molar refractivity (Wildman–Crippen MR) is 135 cm³/mol. The highest BCUT2D eigenvalue weighted by Crippen LogP contribution is 2.34. The molecule has 1 heterocycles. The Bertz CT molecular complexity index is 941. The van der Waals surface area contributed by atoms with Gasteiger partial charge in [0.15, 0.2) is 0 Å². The van der Waals surface area contributed by atoms with Crippen LogP contribution in [0.1, 0.15) is 46.1 Å². The van der Waals surface area contributed by atoms with Crippen LogP contribution in [0.25, 0.3) is 17.2 Å². The number of carboxylic acids is 1. The van der Waals surface area contributed by atoms with Gasteiger partial charge in [0.2, 0.25) is 0 Å². The highest BCUT2D eigenvalue weighted by Gasteiger charge is 2.27. The van der Waals surface area contributed by atoms with Gasteiger partial charge in [-0.05, 0) is 72.2 Å². The first-order chi connectivity index (χ1) is 15.9. The molecule has 5 nitrogen and oxygen atoms in total. The van der Waals surface area contributed by atoms with E-state index in [1.807, 2.05) is 24.3 Å². The lowest BCUT2D eigenvalue weighted by atomic mass is 10.00. The fraction of sp³-hybridized carbons (Fsp3) is 0.464. The molecule has 2 aromatic carbocycles. The van der Waals surface area contributed by atoms with Crippen molar-refractivity contribution in [1.82, 2.24) is 0 Å². The summed E-state index contributed by atoms with van der Waals surface area (Å²) < 4.78 is 11.3. The van der Waals surface area contributed by atoms with E-state index in [2.05, 4.69) is 43.9 Å². The molecule has 0 radical (unpaired) electrons. The number of hydrogen-bond donors (Lipinski definition) is 1. The van der Waals surface area contributed by atoms with E-state index in [1.54, 1.807) is 13.0 Å². The summed E-state index contributed by atoms with van der Waals surface area (Å²) in [4.78, 5) is 13.9. The summed E-state index contributed by atoms with van der Waals surface area (Å²) in [5.41, 5.74) is 4.49. The van der Waals surface area contributed by atoms with Gasteiger partial charge in [-0.2, -0.15) is 0 Å². The van der Waals surface area contributed by atoms with Gasteiger partial charge in [-0.25, -0.2) is 4.79 Å². The van der Waals surface area contributed by atoms with Gasteiger partial charge in [-0.3, -0.25) is 0 Å². The molecule has 0 saturated carbocycles. The maximum atomic E-state index is 11.5. The third-order valence-electron chi connectivity index (χ3n) is 6.39. The van der Waals surface area contributed by atoms with Gasteiger partial charge in [0, 0.05) is 31.0 Å². The largest absolute Gasteiger partial charge is 0.491 e. The average Bonchev–Trinajstić information content (AvgIpc) is 3.14.